The van der Waals surface area contributed by atoms with Crippen LogP contribution >= 0.6 is 12.2 Å². The number of rotatable bonds is 8. The Morgan fingerprint density at radius 3 is 2.62 bits per heavy atom. The molecule has 4 rings (SSSR count). The summed E-state index contributed by atoms with van der Waals surface area (Å²) >= 11 is 5.40. The summed E-state index contributed by atoms with van der Waals surface area (Å²) in [4.78, 5) is 4.41. The van der Waals surface area contributed by atoms with E-state index in [9.17, 15) is 13.2 Å². The summed E-state index contributed by atoms with van der Waals surface area (Å²) < 4.78 is 42.6. The Morgan fingerprint density at radius 1 is 1.21 bits per heavy atom. The molecule has 1 aromatic heterocycles. The van der Waals surface area contributed by atoms with Gasteiger partial charge >= 0.3 is 6.36 Å². The van der Waals surface area contributed by atoms with Crippen LogP contribution in [0.15, 0.2) is 66.0 Å². The van der Waals surface area contributed by atoms with Crippen LogP contribution in [0.2, 0.25) is 0 Å². The molecule has 39 heavy (non-hydrogen) atoms. The summed E-state index contributed by atoms with van der Waals surface area (Å²) in [6.45, 7) is 6.50. The fraction of sp³-hybridized carbons (Fsp3) is 0.357. The van der Waals surface area contributed by atoms with E-state index in [1.165, 1.54) is 34.5 Å². The van der Waals surface area contributed by atoms with Gasteiger partial charge in [-0.3, -0.25) is 5.43 Å². The topological polar surface area (TPSA) is 76.4 Å². The molecule has 7 nitrogen and oxygen atoms in total. The van der Waals surface area contributed by atoms with Crippen LogP contribution in [0, 0.1) is 5.41 Å². The number of benzene rings is 2. The summed E-state index contributed by atoms with van der Waals surface area (Å²) in [6.07, 6.45) is 4.22. The van der Waals surface area contributed by atoms with Gasteiger partial charge in [-0.15, -0.1) is 18.3 Å². The van der Waals surface area contributed by atoms with E-state index in [2.05, 4.69) is 63.6 Å². The minimum absolute atomic E-state index is 0.0465. The monoisotopic (exact) mass is 556 g/mol. The minimum Gasteiger partial charge on any atom is -0.406 e. The largest absolute Gasteiger partial charge is 0.573 e. The molecule has 1 aliphatic rings. The highest BCUT2D eigenvalue weighted by Gasteiger charge is 2.31. The zero-order chi connectivity index (χ0) is 28.0. The average Bonchev–Trinajstić information content (AvgIpc) is 3.37. The van der Waals surface area contributed by atoms with Crippen molar-refractivity contribution in [3.8, 4) is 11.4 Å². The normalized spacial score (nSPS) is 17.8. The predicted octanol–water partition coefficient (Wildman–Crippen LogP) is 7.23. The Kier molecular flexibility index (Phi) is 8.69. The Bertz CT molecular complexity index is 1350. The van der Waals surface area contributed by atoms with Gasteiger partial charge in [0.25, 0.3) is 0 Å². The van der Waals surface area contributed by atoms with Crippen molar-refractivity contribution < 1.29 is 17.9 Å². The lowest BCUT2D eigenvalue weighted by atomic mass is 9.74. The van der Waals surface area contributed by atoms with Crippen molar-refractivity contribution in [2.24, 2.45) is 10.5 Å². The maximum atomic E-state index is 12.4. The molecule has 0 bridgehead atoms. The number of thiocarbonyl (C=S) groups is 1. The van der Waals surface area contributed by atoms with Gasteiger partial charge in [0.2, 0.25) is 0 Å². The number of anilines is 1. The van der Waals surface area contributed by atoms with Crippen molar-refractivity contribution in [2.45, 2.75) is 58.7 Å². The lowest BCUT2D eigenvalue weighted by Gasteiger charge is -2.31. The molecule has 1 atom stereocenters. The van der Waals surface area contributed by atoms with Crippen molar-refractivity contribution >= 4 is 34.8 Å². The third kappa shape index (κ3) is 7.89. The molecule has 0 amide bonds. The van der Waals surface area contributed by atoms with Crippen LogP contribution in [0.25, 0.3) is 11.3 Å². The molecule has 1 aliphatic carbocycles. The molecule has 11 heteroatoms. The summed E-state index contributed by atoms with van der Waals surface area (Å²) in [7, 11) is 0. The Morgan fingerprint density at radius 2 is 1.95 bits per heavy atom. The van der Waals surface area contributed by atoms with Gasteiger partial charge in [0.1, 0.15) is 12.1 Å². The molecule has 1 heterocycles. The van der Waals surface area contributed by atoms with Crippen molar-refractivity contribution in [3.63, 3.8) is 0 Å². The molecule has 2 N–H and O–H groups in total. The van der Waals surface area contributed by atoms with Gasteiger partial charge in [0.15, 0.2) is 10.9 Å². The summed E-state index contributed by atoms with van der Waals surface area (Å²) in [5.74, 6) is 0.705. The first-order chi connectivity index (χ1) is 18.5. The second kappa shape index (κ2) is 12.0. The van der Waals surface area contributed by atoms with Gasteiger partial charge in [0, 0.05) is 11.9 Å². The van der Waals surface area contributed by atoms with E-state index in [0.29, 0.717) is 22.5 Å². The van der Waals surface area contributed by atoms with E-state index < -0.39 is 6.36 Å². The third-order valence-electron chi connectivity index (χ3n) is 6.63. The number of hydrogen-bond donors (Lipinski definition) is 2. The molecule has 0 spiro atoms. The minimum atomic E-state index is -4.73. The zero-order valence-electron chi connectivity index (χ0n) is 22.0. The molecule has 0 aliphatic heterocycles. The number of aromatic nitrogens is 3. The van der Waals surface area contributed by atoms with Gasteiger partial charge < -0.3 is 10.1 Å². The fourth-order valence-electron chi connectivity index (χ4n) is 4.37. The number of halogens is 3. The van der Waals surface area contributed by atoms with Crippen LogP contribution < -0.4 is 15.5 Å². The van der Waals surface area contributed by atoms with Crippen molar-refractivity contribution in [1.29, 1.82) is 0 Å². The maximum Gasteiger partial charge on any atom is 0.573 e. The first-order valence-electron chi connectivity index (χ1n) is 12.7. The summed E-state index contributed by atoms with van der Waals surface area (Å²) in [5, 5.41) is 12.5. The lowest BCUT2D eigenvalue weighted by molar-refractivity contribution is -0.274. The second-order valence-electron chi connectivity index (χ2n) is 10.1. The van der Waals surface area contributed by atoms with Crippen molar-refractivity contribution in [1.82, 2.24) is 20.2 Å². The highest BCUT2D eigenvalue weighted by Crippen LogP contribution is 2.39. The van der Waals surface area contributed by atoms with Gasteiger partial charge in [0.05, 0.1) is 5.69 Å². The van der Waals surface area contributed by atoms with Crippen LogP contribution in [0.1, 0.15) is 63.8 Å². The number of ether oxygens (including phenoxy) is 1. The standard InChI is InChI=1S/C28H31F3N6OS/c1-19(2)23-6-4-5-7-24(23)34-26(39)35-33-17-16-27(3)14-12-20(13-15-27)25-32-18-37(36-25)21-8-10-22(11-9-21)38-28(29,30)31/h4-12,17-19H,13-16H2,1-3H3,(H2,34,35,39)/b33-17+. The van der Waals surface area contributed by atoms with Crippen LogP contribution in [0.5, 0.6) is 5.75 Å². The van der Waals surface area contributed by atoms with E-state index in [4.69, 9.17) is 12.2 Å². The SMILES string of the molecule is CC(C)c1ccccc1NC(=S)N/N=C/CC1(C)CC=C(c2ncn(-c3ccc(OC(F)(F)F)cc3)n2)CC1. The van der Waals surface area contributed by atoms with E-state index in [1.807, 2.05) is 24.4 Å². The number of hydrogen-bond acceptors (Lipinski definition) is 5. The first-order valence-corrected chi connectivity index (χ1v) is 13.1. The second-order valence-corrected chi connectivity index (χ2v) is 10.5. The number of alkyl halides is 3. The smallest absolute Gasteiger partial charge is 0.406 e. The van der Waals surface area contributed by atoms with Gasteiger partial charge in [-0.05, 0) is 90.7 Å². The van der Waals surface area contributed by atoms with E-state index >= 15 is 0 Å². The van der Waals surface area contributed by atoms with Gasteiger partial charge in [-0.2, -0.15) is 5.10 Å². The Balaban J connectivity index is 1.29. The van der Waals surface area contributed by atoms with Crippen LogP contribution in [0.4, 0.5) is 18.9 Å². The van der Waals surface area contributed by atoms with E-state index in [1.54, 1.807) is 6.33 Å². The number of hydrazone groups is 1. The van der Waals surface area contributed by atoms with Crippen LogP contribution in [0.3, 0.4) is 0 Å². The lowest BCUT2D eigenvalue weighted by Crippen LogP contribution is -2.25. The number of para-hydroxylation sites is 1. The van der Waals surface area contributed by atoms with Gasteiger partial charge in [-0.1, -0.05) is 45.0 Å². The van der Waals surface area contributed by atoms with Crippen LogP contribution in [-0.2, 0) is 0 Å². The molecule has 2 aromatic carbocycles. The number of nitrogens with one attached hydrogen (secondary N) is 2. The highest BCUT2D eigenvalue weighted by atomic mass is 32.1. The molecule has 206 valence electrons. The summed E-state index contributed by atoms with van der Waals surface area (Å²) in [6, 6.07) is 13.6. The Labute approximate surface area is 231 Å². The third-order valence-corrected chi connectivity index (χ3v) is 6.82. The molecule has 1 unspecified atom stereocenters. The first kappa shape index (κ1) is 28.3. The molecular formula is C28H31F3N6OS. The zero-order valence-corrected chi connectivity index (χ0v) is 22.8. The Hall–Kier alpha value is -3.73. The summed E-state index contributed by atoms with van der Waals surface area (Å²) in [5.41, 5.74) is 6.76. The van der Waals surface area contributed by atoms with Gasteiger partial charge in [-0.25, -0.2) is 9.67 Å². The average molecular weight is 557 g/mol. The van der Waals surface area contributed by atoms with E-state index in [-0.39, 0.29) is 11.2 Å². The molecule has 0 radical (unpaired) electrons. The quantitative estimate of drug-likeness (QED) is 0.173. The molecule has 3 aromatic rings. The fourth-order valence-corrected chi connectivity index (χ4v) is 4.53. The maximum absolute atomic E-state index is 12.4. The molecule has 0 fully saturated rings. The predicted molar refractivity (Wildman–Crippen MR) is 151 cm³/mol. The molecule has 0 saturated heterocycles. The van der Waals surface area contributed by atoms with Crippen LogP contribution in [-0.4, -0.2) is 32.5 Å². The van der Waals surface area contributed by atoms with Crippen molar-refractivity contribution in [2.75, 3.05) is 5.32 Å². The number of nitrogens with zero attached hydrogens (tertiary/aromatic N) is 4. The molecule has 0 saturated carbocycles. The van der Waals surface area contributed by atoms with Crippen molar-refractivity contribution in [3.05, 3.63) is 72.3 Å². The molecular weight excluding hydrogens is 525 g/mol. The number of allylic oxidation sites excluding steroid dienone is 2. The van der Waals surface area contributed by atoms with E-state index in [0.717, 1.165) is 36.9 Å². The highest BCUT2D eigenvalue weighted by molar-refractivity contribution is 7.80.